The molecule has 2 atom stereocenters. The molecule has 0 radical (unpaired) electrons. The van der Waals surface area contributed by atoms with Crippen molar-refractivity contribution in [2.45, 2.75) is 43.9 Å². The third-order valence-corrected chi connectivity index (χ3v) is 4.13. The molecule has 2 N–H and O–H groups in total. The Balaban J connectivity index is 1.38. The number of hydrogen-bond acceptors (Lipinski definition) is 3. The molecule has 2 unspecified atom stereocenters. The van der Waals surface area contributed by atoms with Crippen LogP contribution in [0.5, 0.6) is 0 Å². The third kappa shape index (κ3) is 3.09. The number of rotatable bonds is 3. The summed E-state index contributed by atoms with van der Waals surface area (Å²) in [5.41, 5.74) is 0. The van der Waals surface area contributed by atoms with Gasteiger partial charge in [-0.05, 0) is 44.4 Å². The van der Waals surface area contributed by atoms with E-state index in [1.807, 2.05) is 0 Å². The Morgan fingerprint density at radius 3 is 3.06 bits per heavy atom. The van der Waals surface area contributed by atoms with Gasteiger partial charge in [-0.25, -0.2) is 0 Å². The molecule has 0 aromatic rings. The Bertz CT molecular complexity index is 295. The van der Waals surface area contributed by atoms with E-state index in [-0.39, 0.29) is 0 Å². The van der Waals surface area contributed by atoms with Crippen LogP contribution in [0.4, 0.5) is 0 Å². The maximum absolute atomic E-state index is 5.87. The summed E-state index contributed by atoms with van der Waals surface area (Å²) in [5.74, 6) is 0. The van der Waals surface area contributed by atoms with Crippen LogP contribution in [0.2, 0.25) is 0 Å². The first-order valence-corrected chi connectivity index (χ1v) is 7.12. The second kappa shape index (κ2) is 5.08. The van der Waals surface area contributed by atoms with Crippen LogP contribution in [-0.2, 0) is 4.74 Å². The predicted octanol–water partition coefficient (Wildman–Crippen LogP) is 0.476. The van der Waals surface area contributed by atoms with E-state index in [0.29, 0.717) is 18.2 Å². The summed E-state index contributed by atoms with van der Waals surface area (Å²) in [6.07, 6.45) is 5.45. The predicted molar refractivity (Wildman–Crippen MR) is 71.1 cm³/mol. The Labute approximate surface area is 108 Å². The number of hydrogen-bond donors (Lipinski definition) is 2. The normalized spacial score (nSPS) is 33.2. The van der Waals surface area contributed by atoms with Crippen LogP contribution >= 0.6 is 12.2 Å². The number of thiocarbonyl (C=S) groups is 1. The summed E-state index contributed by atoms with van der Waals surface area (Å²) < 4.78 is 5.87. The van der Waals surface area contributed by atoms with Crippen molar-refractivity contribution in [3.05, 3.63) is 0 Å². The fraction of sp³-hybridized carbons (Fsp3) is 0.917. The Hall–Kier alpha value is -0.390. The molecule has 4 nitrogen and oxygen atoms in total. The SMILES string of the molecule is S=C(NCC1CN2CCCC2CO1)NC1CC1. The van der Waals surface area contributed by atoms with Crippen molar-refractivity contribution in [3.8, 4) is 0 Å². The first-order valence-electron chi connectivity index (χ1n) is 6.71. The van der Waals surface area contributed by atoms with Gasteiger partial charge in [-0.15, -0.1) is 0 Å². The van der Waals surface area contributed by atoms with Crippen LogP contribution in [0.3, 0.4) is 0 Å². The van der Waals surface area contributed by atoms with Crippen LogP contribution in [0.25, 0.3) is 0 Å². The van der Waals surface area contributed by atoms with Gasteiger partial charge in [0.1, 0.15) is 0 Å². The van der Waals surface area contributed by atoms with Crippen molar-refractivity contribution in [2.24, 2.45) is 0 Å². The molecule has 1 saturated carbocycles. The van der Waals surface area contributed by atoms with Crippen molar-refractivity contribution in [1.29, 1.82) is 0 Å². The van der Waals surface area contributed by atoms with Crippen molar-refractivity contribution < 1.29 is 4.74 Å². The maximum atomic E-state index is 5.87. The van der Waals surface area contributed by atoms with E-state index in [4.69, 9.17) is 17.0 Å². The van der Waals surface area contributed by atoms with E-state index in [1.165, 1.54) is 32.2 Å². The van der Waals surface area contributed by atoms with E-state index in [1.54, 1.807) is 0 Å². The number of nitrogens with zero attached hydrogens (tertiary/aromatic N) is 1. The fourth-order valence-corrected chi connectivity index (χ4v) is 2.93. The summed E-state index contributed by atoms with van der Waals surface area (Å²) in [6, 6.07) is 1.31. The van der Waals surface area contributed by atoms with Gasteiger partial charge in [-0.2, -0.15) is 0 Å². The molecule has 0 spiro atoms. The van der Waals surface area contributed by atoms with Crippen LogP contribution < -0.4 is 10.6 Å². The highest BCUT2D eigenvalue weighted by Gasteiger charge is 2.32. The summed E-state index contributed by atoms with van der Waals surface area (Å²) in [4.78, 5) is 2.56. The molecule has 0 bridgehead atoms. The van der Waals surface area contributed by atoms with Crippen molar-refractivity contribution in [2.75, 3.05) is 26.2 Å². The number of ether oxygens (including phenoxy) is 1. The smallest absolute Gasteiger partial charge is 0.166 e. The number of nitrogens with one attached hydrogen (secondary N) is 2. The van der Waals surface area contributed by atoms with Gasteiger partial charge in [-0.3, -0.25) is 4.90 Å². The molecule has 2 saturated heterocycles. The van der Waals surface area contributed by atoms with Crippen molar-refractivity contribution in [3.63, 3.8) is 0 Å². The molecule has 0 amide bonds. The molecule has 17 heavy (non-hydrogen) atoms. The average Bonchev–Trinajstić information content (AvgIpc) is 3.01. The Kier molecular flexibility index (Phi) is 3.49. The molecule has 2 aliphatic heterocycles. The number of fused-ring (bicyclic) bond motifs is 1. The summed E-state index contributed by atoms with van der Waals surface area (Å²) in [5, 5.41) is 7.35. The lowest BCUT2D eigenvalue weighted by molar-refractivity contribution is -0.0452. The standard InChI is InChI=1S/C12H21N3OS/c17-12(14-9-3-4-9)13-6-11-7-15-5-1-2-10(15)8-16-11/h9-11H,1-8H2,(H2,13,14,17). The molecular formula is C12H21N3OS. The fourth-order valence-electron chi connectivity index (χ4n) is 2.68. The summed E-state index contributed by atoms with van der Waals surface area (Å²) in [6.45, 7) is 4.04. The molecular weight excluding hydrogens is 234 g/mol. The van der Waals surface area contributed by atoms with E-state index >= 15 is 0 Å². The monoisotopic (exact) mass is 255 g/mol. The second-order valence-electron chi connectivity index (χ2n) is 5.37. The largest absolute Gasteiger partial charge is 0.373 e. The average molecular weight is 255 g/mol. The zero-order valence-electron chi connectivity index (χ0n) is 10.2. The molecule has 3 aliphatic rings. The lowest BCUT2D eigenvalue weighted by Crippen LogP contribution is -2.51. The van der Waals surface area contributed by atoms with Crippen molar-refractivity contribution in [1.82, 2.24) is 15.5 Å². The molecule has 5 heteroatoms. The maximum Gasteiger partial charge on any atom is 0.166 e. The topological polar surface area (TPSA) is 36.5 Å². The van der Waals surface area contributed by atoms with Gasteiger partial charge in [0.15, 0.2) is 5.11 Å². The highest BCUT2D eigenvalue weighted by atomic mass is 32.1. The van der Waals surface area contributed by atoms with E-state index in [2.05, 4.69) is 15.5 Å². The van der Waals surface area contributed by atoms with Crippen LogP contribution in [0.15, 0.2) is 0 Å². The van der Waals surface area contributed by atoms with Crippen LogP contribution in [0.1, 0.15) is 25.7 Å². The minimum Gasteiger partial charge on any atom is -0.373 e. The Morgan fingerprint density at radius 1 is 1.35 bits per heavy atom. The molecule has 3 rings (SSSR count). The minimum absolute atomic E-state index is 0.295. The summed E-state index contributed by atoms with van der Waals surface area (Å²) in [7, 11) is 0. The molecule has 3 fully saturated rings. The second-order valence-corrected chi connectivity index (χ2v) is 5.78. The van der Waals surface area contributed by atoms with E-state index < -0.39 is 0 Å². The minimum atomic E-state index is 0.295. The molecule has 0 aromatic carbocycles. The van der Waals surface area contributed by atoms with Gasteiger partial charge in [0.05, 0.1) is 12.7 Å². The molecule has 2 heterocycles. The van der Waals surface area contributed by atoms with Gasteiger partial charge in [0.2, 0.25) is 0 Å². The van der Waals surface area contributed by atoms with Crippen LogP contribution in [0, 0.1) is 0 Å². The number of morpholine rings is 1. The lowest BCUT2D eigenvalue weighted by Gasteiger charge is -2.35. The first kappa shape index (κ1) is 11.7. The molecule has 96 valence electrons. The van der Waals surface area contributed by atoms with E-state index in [9.17, 15) is 0 Å². The summed E-state index contributed by atoms with van der Waals surface area (Å²) >= 11 is 5.24. The van der Waals surface area contributed by atoms with Gasteiger partial charge in [-0.1, -0.05) is 0 Å². The quantitative estimate of drug-likeness (QED) is 0.717. The highest BCUT2D eigenvalue weighted by molar-refractivity contribution is 7.80. The molecule has 1 aliphatic carbocycles. The molecule has 0 aromatic heterocycles. The Morgan fingerprint density at radius 2 is 2.24 bits per heavy atom. The van der Waals surface area contributed by atoms with Crippen molar-refractivity contribution >= 4 is 17.3 Å². The van der Waals surface area contributed by atoms with Crippen LogP contribution in [-0.4, -0.2) is 54.4 Å². The van der Waals surface area contributed by atoms with Gasteiger partial charge < -0.3 is 15.4 Å². The lowest BCUT2D eigenvalue weighted by atomic mass is 10.2. The zero-order valence-corrected chi connectivity index (χ0v) is 11.0. The zero-order chi connectivity index (χ0) is 11.7. The van der Waals surface area contributed by atoms with E-state index in [0.717, 1.165) is 24.8 Å². The third-order valence-electron chi connectivity index (χ3n) is 3.86. The highest BCUT2D eigenvalue weighted by Crippen LogP contribution is 2.22. The van der Waals surface area contributed by atoms with Gasteiger partial charge in [0, 0.05) is 25.2 Å². The van der Waals surface area contributed by atoms with Gasteiger partial charge >= 0.3 is 0 Å². The van der Waals surface area contributed by atoms with Gasteiger partial charge in [0.25, 0.3) is 0 Å². The first-order chi connectivity index (χ1) is 8.31.